The van der Waals surface area contributed by atoms with Crippen LogP contribution in [0.25, 0.3) is 0 Å². The SMILES string of the molecule is CCN(C[C@H]1CO1)C1CC1. The van der Waals surface area contributed by atoms with Crippen LogP contribution >= 0.6 is 0 Å². The molecule has 1 aliphatic heterocycles. The molecule has 1 aliphatic carbocycles. The summed E-state index contributed by atoms with van der Waals surface area (Å²) >= 11 is 0. The zero-order valence-electron chi connectivity index (χ0n) is 6.55. The molecule has 58 valence electrons. The third kappa shape index (κ3) is 1.50. The molecule has 0 aromatic carbocycles. The van der Waals surface area contributed by atoms with Crippen LogP contribution in [0, 0.1) is 0 Å². The lowest BCUT2D eigenvalue weighted by molar-refractivity contribution is 0.244. The highest BCUT2D eigenvalue weighted by molar-refractivity contribution is 4.87. The Morgan fingerprint density at radius 1 is 1.50 bits per heavy atom. The van der Waals surface area contributed by atoms with Gasteiger partial charge in [0.1, 0.15) is 0 Å². The Morgan fingerprint density at radius 2 is 2.20 bits per heavy atom. The first kappa shape index (κ1) is 6.62. The molecule has 0 N–H and O–H groups in total. The van der Waals surface area contributed by atoms with Crippen LogP contribution in [0.3, 0.4) is 0 Å². The van der Waals surface area contributed by atoms with E-state index in [0.717, 1.165) is 12.6 Å². The monoisotopic (exact) mass is 141 g/mol. The van der Waals surface area contributed by atoms with Gasteiger partial charge < -0.3 is 4.74 Å². The minimum Gasteiger partial charge on any atom is -0.372 e. The van der Waals surface area contributed by atoms with Crippen molar-refractivity contribution < 1.29 is 4.74 Å². The maximum Gasteiger partial charge on any atom is 0.0936 e. The average Bonchev–Trinajstić information content (AvgIpc) is 2.76. The molecule has 1 saturated heterocycles. The minimum absolute atomic E-state index is 0.584. The van der Waals surface area contributed by atoms with E-state index in [-0.39, 0.29) is 0 Å². The molecule has 0 amide bonds. The van der Waals surface area contributed by atoms with Crippen molar-refractivity contribution in [2.75, 3.05) is 19.7 Å². The lowest BCUT2D eigenvalue weighted by Crippen LogP contribution is -2.29. The Morgan fingerprint density at radius 3 is 2.60 bits per heavy atom. The van der Waals surface area contributed by atoms with Crippen molar-refractivity contribution in [2.24, 2.45) is 0 Å². The third-order valence-corrected chi connectivity index (χ3v) is 2.31. The van der Waals surface area contributed by atoms with E-state index in [1.807, 2.05) is 0 Å². The van der Waals surface area contributed by atoms with Gasteiger partial charge in [-0.15, -0.1) is 0 Å². The van der Waals surface area contributed by atoms with Crippen molar-refractivity contribution in [1.82, 2.24) is 4.90 Å². The van der Waals surface area contributed by atoms with Crippen molar-refractivity contribution in [3.63, 3.8) is 0 Å². The second kappa shape index (κ2) is 2.51. The van der Waals surface area contributed by atoms with Crippen LogP contribution in [0.15, 0.2) is 0 Å². The molecule has 0 aromatic rings. The lowest BCUT2D eigenvalue weighted by Gasteiger charge is -2.17. The molecule has 2 nitrogen and oxygen atoms in total. The number of nitrogens with zero attached hydrogens (tertiary/aromatic N) is 1. The molecule has 0 bridgehead atoms. The lowest BCUT2D eigenvalue weighted by atomic mass is 10.4. The Kier molecular flexibility index (Phi) is 1.66. The van der Waals surface area contributed by atoms with Crippen LogP contribution in [0.4, 0.5) is 0 Å². The molecular weight excluding hydrogens is 126 g/mol. The van der Waals surface area contributed by atoms with E-state index < -0.39 is 0 Å². The van der Waals surface area contributed by atoms with Crippen LogP contribution in [-0.4, -0.2) is 36.7 Å². The first-order valence-electron chi connectivity index (χ1n) is 4.26. The zero-order chi connectivity index (χ0) is 6.97. The number of likely N-dealkylation sites (N-methyl/N-ethyl adjacent to an activating group) is 1. The summed E-state index contributed by atoms with van der Waals surface area (Å²) in [6.45, 7) is 5.62. The summed E-state index contributed by atoms with van der Waals surface area (Å²) in [5.41, 5.74) is 0. The summed E-state index contributed by atoms with van der Waals surface area (Å²) in [4.78, 5) is 2.54. The number of epoxide rings is 1. The van der Waals surface area contributed by atoms with Gasteiger partial charge >= 0.3 is 0 Å². The van der Waals surface area contributed by atoms with Crippen LogP contribution < -0.4 is 0 Å². The van der Waals surface area contributed by atoms with Gasteiger partial charge in [0.2, 0.25) is 0 Å². The van der Waals surface area contributed by atoms with Gasteiger partial charge in [-0.05, 0) is 19.4 Å². The fraction of sp³-hybridized carbons (Fsp3) is 1.00. The van der Waals surface area contributed by atoms with Crippen LogP contribution in [0.1, 0.15) is 19.8 Å². The topological polar surface area (TPSA) is 15.8 Å². The first-order valence-corrected chi connectivity index (χ1v) is 4.26. The molecule has 1 atom stereocenters. The molecule has 1 saturated carbocycles. The highest BCUT2D eigenvalue weighted by Gasteiger charge is 2.33. The highest BCUT2D eigenvalue weighted by atomic mass is 16.6. The van der Waals surface area contributed by atoms with Gasteiger partial charge in [0.05, 0.1) is 12.7 Å². The van der Waals surface area contributed by atoms with E-state index in [9.17, 15) is 0 Å². The fourth-order valence-electron chi connectivity index (χ4n) is 1.41. The Balaban J connectivity index is 1.73. The van der Waals surface area contributed by atoms with Crippen molar-refractivity contribution in [3.05, 3.63) is 0 Å². The molecule has 0 unspecified atom stereocenters. The number of hydrogen-bond donors (Lipinski definition) is 0. The molecule has 0 radical (unpaired) electrons. The van der Waals surface area contributed by atoms with E-state index in [0.29, 0.717) is 6.10 Å². The molecule has 2 fully saturated rings. The maximum absolute atomic E-state index is 5.18. The Bertz CT molecular complexity index is 118. The van der Waals surface area contributed by atoms with Gasteiger partial charge in [-0.2, -0.15) is 0 Å². The molecule has 1 heterocycles. The molecule has 10 heavy (non-hydrogen) atoms. The number of rotatable bonds is 4. The predicted molar refractivity (Wildman–Crippen MR) is 40.0 cm³/mol. The van der Waals surface area contributed by atoms with Gasteiger partial charge in [0.25, 0.3) is 0 Å². The van der Waals surface area contributed by atoms with E-state index >= 15 is 0 Å². The van der Waals surface area contributed by atoms with E-state index in [2.05, 4.69) is 11.8 Å². The second-order valence-electron chi connectivity index (χ2n) is 3.27. The number of ether oxygens (including phenoxy) is 1. The summed E-state index contributed by atoms with van der Waals surface area (Å²) in [5.74, 6) is 0. The molecule has 2 rings (SSSR count). The van der Waals surface area contributed by atoms with E-state index in [4.69, 9.17) is 4.74 Å². The molecule has 2 aliphatic rings. The molecule has 0 spiro atoms. The van der Waals surface area contributed by atoms with Crippen molar-refractivity contribution in [3.8, 4) is 0 Å². The summed E-state index contributed by atoms with van der Waals surface area (Å²) in [5, 5.41) is 0. The van der Waals surface area contributed by atoms with Crippen LogP contribution in [-0.2, 0) is 4.74 Å². The van der Waals surface area contributed by atoms with Gasteiger partial charge in [-0.25, -0.2) is 0 Å². The van der Waals surface area contributed by atoms with Gasteiger partial charge in [-0.3, -0.25) is 4.90 Å². The Hall–Kier alpha value is -0.0800. The first-order chi connectivity index (χ1) is 4.90. The normalized spacial score (nSPS) is 31.2. The number of hydrogen-bond acceptors (Lipinski definition) is 2. The summed E-state index contributed by atoms with van der Waals surface area (Å²) in [7, 11) is 0. The average molecular weight is 141 g/mol. The van der Waals surface area contributed by atoms with Gasteiger partial charge in [0, 0.05) is 12.6 Å². The van der Waals surface area contributed by atoms with Crippen LogP contribution in [0.2, 0.25) is 0 Å². The van der Waals surface area contributed by atoms with Gasteiger partial charge in [-0.1, -0.05) is 6.92 Å². The van der Waals surface area contributed by atoms with E-state index in [1.54, 1.807) is 0 Å². The summed E-state index contributed by atoms with van der Waals surface area (Å²) in [6, 6.07) is 0.911. The van der Waals surface area contributed by atoms with Gasteiger partial charge in [0.15, 0.2) is 0 Å². The van der Waals surface area contributed by atoms with Crippen molar-refractivity contribution in [1.29, 1.82) is 0 Å². The van der Waals surface area contributed by atoms with Crippen LogP contribution in [0.5, 0.6) is 0 Å². The standard InChI is InChI=1S/C8H15NO/c1-2-9(7-3-4-7)5-8-6-10-8/h7-8H,2-6H2,1H3/t8-/m0/s1. The van der Waals surface area contributed by atoms with Crippen molar-refractivity contribution in [2.45, 2.75) is 31.9 Å². The maximum atomic E-state index is 5.18. The smallest absolute Gasteiger partial charge is 0.0936 e. The zero-order valence-corrected chi connectivity index (χ0v) is 6.55. The quantitative estimate of drug-likeness (QED) is 0.540. The molecule has 2 heteroatoms. The molecular formula is C8H15NO. The largest absolute Gasteiger partial charge is 0.372 e. The second-order valence-corrected chi connectivity index (χ2v) is 3.27. The third-order valence-electron chi connectivity index (χ3n) is 2.31. The highest BCUT2D eigenvalue weighted by Crippen LogP contribution is 2.27. The molecule has 0 aromatic heterocycles. The predicted octanol–water partition coefficient (Wildman–Crippen LogP) is 0.869. The fourth-order valence-corrected chi connectivity index (χ4v) is 1.41. The summed E-state index contributed by atoms with van der Waals surface area (Å²) in [6.07, 6.45) is 3.42. The minimum atomic E-state index is 0.584. The van der Waals surface area contributed by atoms with E-state index in [1.165, 1.54) is 25.9 Å². The van der Waals surface area contributed by atoms with Crippen molar-refractivity contribution >= 4 is 0 Å². The summed E-state index contributed by atoms with van der Waals surface area (Å²) < 4.78 is 5.18. The Labute approximate surface area is 62.2 Å².